The van der Waals surface area contributed by atoms with Crippen molar-refractivity contribution in [3.63, 3.8) is 0 Å². The van der Waals surface area contributed by atoms with E-state index in [0.717, 1.165) is 12.1 Å². The lowest BCUT2D eigenvalue weighted by atomic mass is 9.94. The second kappa shape index (κ2) is 6.56. The number of pyridine rings is 2. The van der Waals surface area contributed by atoms with Gasteiger partial charge in [0, 0.05) is 53.7 Å². The molecule has 2 aromatic carbocycles. The number of aromatic nitrogens is 2. The molecule has 0 radical (unpaired) electrons. The molecule has 2 aromatic heterocycles. The van der Waals surface area contributed by atoms with Crippen molar-refractivity contribution in [3.05, 3.63) is 102 Å². The van der Waals surface area contributed by atoms with Gasteiger partial charge in [-0.25, -0.2) is 0 Å². The first-order valence-electron chi connectivity index (χ1n) is 10.2. The molecule has 2 unspecified atom stereocenters. The SMILES string of the molecule is C1=CN(C2CC2c2ccc3ccccc3n2)Cc2c1cccc2-c1cccnc1. The topological polar surface area (TPSA) is 29.0 Å². The molecule has 3 heteroatoms. The maximum Gasteiger partial charge on any atom is 0.0705 e. The molecule has 3 nitrogen and oxygen atoms in total. The molecule has 0 saturated heterocycles. The Labute approximate surface area is 170 Å². The van der Waals surface area contributed by atoms with Crippen LogP contribution in [-0.2, 0) is 6.54 Å². The van der Waals surface area contributed by atoms with Gasteiger partial charge >= 0.3 is 0 Å². The van der Waals surface area contributed by atoms with E-state index in [4.69, 9.17) is 4.98 Å². The van der Waals surface area contributed by atoms with Crippen molar-refractivity contribution >= 4 is 17.0 Å². The van der Waals surface area contributed by atoms with Gasteiger partial charge in [-0.05, 0) is 47.4 Å². The third kappa shape index (κ3) is 2.90. The van der Waals surface area contributed by atoms with E-state index >= 15 is 0 Å². The van der Waals surface area contributed by atoms with E-state index in [1.54, 1.807) is 0 Å². The van der Waals surface area contributed by atoms with E-state index in [-0.39, 0.29) is 0 Å². The molecule has 1 saturated carbocycles. The molecule has 0 bridgehead atoms. The Kier molecular flexibility index (Phi) is 3.73. The number of fused-ring (bicyclic) bond motifs is 2. The summed E-state index contributed by atoms with van der Waals surface area (Å²) in [4.78, 5) is 11.7. The second-order valence-corrected chi connectivity index (χ2v) is 7.94. The Hall–Kier alpha value is -3.46. The molecule has 29 heavy (non-hydrogen) atoms. The fourth-order valence-corrected chi connectivity index (χ4v) is 4.52. The third-order valence-electron chi connectivity index (χ3n) is 6.15. The molecular weight excluding hydrogens is 354 g/mol. The quantitative estimate of drug-likeness (QED) is 0.464. The fraction of sp³-hybridized carbons (Fsp3) is 0.154. The Morgan fingerprint density at radius 3 is 2.79 bits per heavy atom. The molecule has 3 heterocycles. The molecule has 6 rings (SSSR count). The fourth-order valence-electron chi connectivity index (χ4n) is 4.52. The minimum atomic E-state index is 0.511. The molecule has 0 spiro atoms. The Morgan fingerprint density at radius 2 is 1.86 bits per heavy atom. The van der Waals surface area contributed by atoms with Crippen molar-refractivity contribution in [1.82, 2.24) is 14.9 Å². The predicted octanol–water partition coefficient (Wildman–Crippen LogP) is 5.64. The number of benzene rings is 2. The first kappa shape index (κ1) is 16.5. The van der Waals surface area contributed by atoms with Gasteiger partial charge in [-0.3, -0.25) is 9.97 Å². The zero-order valence-electron chi connectivity index (χ0n) is 16.1. The Bertz CT molecular complexity index is 1230. The van der Waals surface area contributed by atoms with Crippen LogP contribution in [0.15, 0.2) is 85.3 Å². The standard InChI is InChI=1S/C26H21N3/c1-2-9-24-19(5-1)10-11-25(28-24)22-15-26(22)29-14-12-18-6-3-8-21(23(18)17-29)20-7-4-13-27-16-20/h1-14,16,22,26H,15,17H2. The number of rotatable bonds is 3. The molecule has 140 valence electrons. The van der Waals surface area contributed by atoms with E-state index in [0.29, 0.717) is 12.0 Å². The summed E-state index contributed by atoms with van der Waals surface area (Å²) in [7, 11) is 0. The van der Waals surface area contributed by atoms with Crippen molar-refractivity contribution in [2.45, 2.75) is 24.9 Å². The first-order chi connectivity index (χ1) is 14.4. The smallest absolute Gasteiger partial charge is 0.0705 e. The van der Waals surface area contributed by atoms with Crippen molar-refractivity contribution in [2.24, 2.45) is 0 Å². The van der Waals surface area contributed by atoms with Crippen LogP contribution < -0.4 is 0 Å². The van der Waals surface area contributed by atoms with Crippen molar-refractivity contribution in [3.8, 4) is 11.1 Å². The van der Waals surface area contributed by atoms with Crippen LogP contribution in [0.2, 0.25) is 0 Å². The number of hydrogen-bond donors (Lipinski definition) is 0. The van der Waals surface area contributed by atoms with Crippen molar-refractivity contribution in [2.75, 3.05) is 0 Å². The average molecular weight is 375 g/mol. The summed E-state index contributed by atoms with van der Waals surface area (Å²) in [5.41, 5.74) is 7.47. The number of nitrogens with zero attached hydrogens (tertiary/aromatic N) is 3. The second-order valence-electron chi connectivity index (χ2n) is 7.94. The lowest BCUT2D eigenvalue weighted by molar-refractivity contribution is 0.350. The summed E-state index contributed by atoms with van der Waals surface area (Å²) in [5, 5.41) is 1.21. The highest BCUT2D eigenvalue weighted by atomic mass is 15.2. The molecule has 2 atom stereocenters. The van der Waals surface area contributed by atoms with Gasteiger partial charge < -0.3 is 4.90 Å². The largest absolute Gasteiger partial charge is 0.369 e. The monoisotopic (exact) mass is 375 g/mol. The summed E-state index contributed by atoms with van der Waals surface area (Å²) < 4.78 is 0. The van der Waals surface area contributed by atoms with Crippen LogP contribution in [0.1, 0.15) is 29.2 Å². The summed E-state index contributed by atoms with van der Waals surface area (Å²) in [6.45, 7) is 0.936. The molecular formula is C26H21N3. The molecule has 2 aliphatic rings. The zero-order valence-corrected chi connectivity index (χ0v) is 16.1. The minimum Gasteiger partial charge on any atom is -0.369 e. The predicted molar refractivity (Wildman–Crippen MR) is 117 cm³/mol. The Balaban J connectivity index is 1.28. The highest BCUT2D eigenvalue weighted by Gasteiger charge is 2.43. The van der Waals surface area contributed by atoms with Gasteiger partial charge in [-0.1, -0.05) is 48.5 Å². The van der Waals surface area contributed by atoms with Crippen LogP contribution in [0.3, 0.4) is 0 Å². The summed E-state index contributed by atoms with van der Waals surface area (Å²) >= 11 is 0. The molecule has 1 aliphatic carbocycles. The lowest BCUT2D eigenvalue weighted by Gasteiger charge is -2.27. The Morgan fingerprint density at radius 1 is 0.897 bits per heavy atom. The first-order valence-corrected chi connectivity index (χ1v) is 10.2. The summed E-state index contributed by atoms with van der Waals surface area (Å²) in [5.74, 6) is 0.511. The van der Waals surface area contributed by atoms with Crippen LogP contribution in [-0.4, -0.2) is 20.9 Å². The average Bonchev–Trinajstić information content (AvgIpc) is 3.60. The molecule has 4 aromatic rings. The normalized spacial score (nSPS) is 19.9. The highest BCUT2D eigenvalue weighted by molar-refractivity contribution is 5.78. The molecule has 0 amide bonds. The van der Waals surface area contributed by atoms with Gasteiger partial charge in [0.25, 0.3) is 0 Å². The van der Waals surface area contributed by atoms with Crippen molar-refractivity contribution < 1.29 is 0 Å². The summed E-state index contributed by atoms with van der Waals surface area (Å²) in [6, 6.07) is 24.0. The van der Waals surface area contributed by atoms with E-state index in [9.17, 15) is 0 Å². The molecule has 0 N–H and O–H groups in total. The van der Waals surface area contributed by atoms with Crippen LogP contribution in [0, 0.1) is 0 Å². The van der Waals surface area contributed by atoms with Crippen LogP contribution in [0.5, 0.6) is 0 Å². The van der Waals surface area contributed by atoms with Crippen LogP contribution in [0.4, 0.5) is 0 Å². The van der Waals surface area contributed by atoms with E-state index < -0.39 is 0 Å². The maximum absolute atomic E-state index is 4.93. The van der Waals surface area contributed by atoms with Crippen molar-refractivity contribution in [1.29, 1.82) is 0 Å². The minimum absolute atomic E-state index is 0.511. The van der Waals surface area contributed by atoms with E-state index in [1.807, 2.05) is 18.5 Å². The molecule has 1 fully saturated rings. The van der Waals surface area contributed by atoms with Gasteiger partial charge in [-0.15, -0.1) is 0 Å². The lowest BCUT2D eigenvalue weighted by Crippen LogP contribution is -2.24. The number of para-hydroxylation sites is 1. The van der Waals surface area contributed by atoms with Crippen LogP contribution in [0.25, 0.3) is 28.1 Å². The van der Waals surface area contributed by atoms with Gasteiger partial charge in [0.05, 0.1) is 5.52 Å². The third-order valence-corrected chi connectivity index (χ3v) is 6.15. The van der Waals surface area contributed by atoms with Gasteiger partial charge in [0.2, 0.25) is 0 Å². The maximum atomic E-state index is 4.93. The summed E-state index contributed by atoms with van der Waals surface area (Å²) in [6.07, 6.45) is 9.47. The highest BCUT2D eigenvalue weighted by Crippen LogP contribution is 2.46. The zero-order chi connectivity index (χ0) is 19.2. The van der Waals surface area contributed by atoms with Gasteiger partial charge in [0.15, 0.2) is 0 Å². The van der Waals surface area contributed by atoms with Crippen LogP contribution >= 0.6 is 0 Å². The van der Waals surface area contributed by atoms with Gasteiger partial charge in [-0.2, -0.15) is 0 Å². The van der Waals surface area contributed by atoms with Gasteiger partial charge in [0.1, 0.15) is 0 Å². The number of hydrogen-bond acceptors (Lipinski definition) is 3. The van der Waals surface area contributed by atoms with E-state index in [2.05, 4.69) is 82.8 Å². The molecule has 1 aliphatic heterocycles. The van der Waals surface area contributed by atoms with E-state index in [1.165, 1.54) is 39.8 Å².